The number of hydrogen-bond donors (Lipinski definition) is 1. The van der Waals surface area contributed by atoms with Crippen LogP contribution in [0.3, 0.4) is 0 Å². The second-order valence-corrected chi connectivity index (χ2v) is 5.01. The van der Waals surface area contributed by atoms with Crippen LogP contribution in [0.5, 0.6) is 0 Å². The van der Waals surface area contributed by atoms with Crippen LogP contribution >= 0.6 is 11.6 Å². The first-order chi connectivity index (χ1) is 9.66. The highest BCUT2D eigenvalue weighted by Crippen LogP contribution is 2.31. The first kappa shape index (κ1) is 13.0. The summed E-state index contributed by atoms with van der Waals surface area (Å²) in [7, 11) is 0. The molecule has 0 unspecified atom stereocenters. The van der Waals surface area contributed by atoms with E-state index in [2.05, 4.69) is 20.6 Å². The molecule has 104 valence electrons. The molecule has 1 amide bonds. The van der Waals surface area contributed by atoms with Gasteiger partial charge in [0, 0.05) is 16.6 Å². The molecule has 1 aromatic heterocycles. The van der Waals surface area contributed by atoms with Crippen molar-refractivity contribution in [2.75, 3.05) is 0 Å². The van der Waals surface area contributed by atoms with Gasteiger partial charge in [-0.2, -0.15) is 5.21 Å². The fourth-order valence-electron chi connectivity index (χ4n) is 1.99. The molecule has 1 fully saturated rings. The van der Waals surface area contributed by atoms with Gasteiger partial charge in [-0.15, -0.1) is 10.2 Å². The zero-order valence-electron chi connectivity index (χ0n) is 10.4. The molecule has 1 aromatic carbocycles. The van der Waals surface area contributed by atoms with Crippen molar-refractivity contribution in [3.63, 3.8) is 0 Å². The van der Waals surface area contributed by atoms with Crippen molar-refractivity contribution in [1.29, 1.82) is 0 Å². The molecule has 1 saturated carbocycles. The van der Waals surface area contributed by atoms with Crippen LogP contribution in [-0.4, -0.2) is 37.5 Å². The molecule has 0 radical (unpaired) electrons. The summed E-state index contributed by atoms with van der Waals surface area (Å²) >= 11 is 6.00. The van der Waals surface area contributed by atoms with Gasteiger partial charge in [0.15, 0.2) is 0 Å². The lowest BCUT2D eigenvalue weighted by Crippen LogP contribution is -2.33. The molecule has 6 nitrogen and oxygen atoms in total. The number of rotatable bonds is 4. The van der Waals surface area contributed by atoms with E-state index in [4.69, 9.17) is 11.6 Å². The normalized spacial score (nSPS) is 14.3. The molecular formula is C12H11ClFN5O. The summed E-state index contributed by atoms with van der Waals surface area (Å²) in [5, 5.41) is 13.2. The highest BCUT2D eigenvalue weighted by molar-refractivity contribution is 6.31. The highest BCUT2D eigenvalue weighted by atomic mass is 35.5. The number of benzene rings is 1. The van der Waals surface area contributed by atoms with Gasteiger partial charge in [-0.25, -0.2) is 4.39 Å². The fraction of sp³-hybridized carbons (Fsp3) is 0.333. The fourth-order valence-corrected chi connectivity index (χ4v) is 2.21. The van der Waals surface area contributed by atoms with Crippen LogP contribution in [0.4, 0.5) is 4.39 Å². The second kappa shape index (κ2) is 5.16. The summed E-state index contributed by atoms with van der Waals surface area (Å²) in [6.45, 7) is 0.101. The number of amides is 1. The van der Waals surface area contributed by atoms with Gasteiger partial charge in [-0.3, -0.25) is 4.79 Å². The Labute approximate surface area is 118 Å². The Morgan fingerprint density at radius 3 is 2.90 bits per heavy atom. The number of aromatic amines is 1. The zero-order valence-corrected chi connectivity index (χ0v) is 11.1. The van der Waals surface area contributed by atoms with E-state index in [-0.39, 0.29) is 24.3 Å². The van der Waals surface area contributed by atoms with E-state index >= 15 is 0 Å². The SMILES string of the molecule is O=C(c1nn[nH]n1)N(Cc1c(F)cccc1Cl)C1CC1. The number of nitrogens with zero attached hydrogens (tertiary/aromatic N) is 4. The molecule has 1 aliphatic carbocycles. The number of H-pyrrole nitrogens is 1. The second-order valence-electron chi connectivity index (χ2n) is 4.60. The number of nitrogens with one attached hydrogen (secondary N) is 1. The largest absolute Gasteiger partial charge is 0.328 e. The van der Waals surface area contributed by atoms with Crippen LogP contribution in [0.2, 0.25) is 5.02 Å². The first-order valence-electron chi connectivity index (χ1n) is 6.14. The lowest BCUT2D eigenvalue weighted by molar-refractivity contribution is 0.0716. The topological polar surface area (TPSA) is 74.8 Å². The molecule has 0 saturated heterocycles. The Morgan fingerprint density at radius 2 is 2.30 bits per heavy atom. The third-order valence-corrected chi connectivity index (χ3v) is 3.53. The summed E-state index contributed by atoms with van der Waals surface area (Å²) < 4.78 is 13.8. The predicted molar refractivity (Wildman–Crippen MR) is 68.5 cm³/mol. The Hall–Kier alpha value is -2.02. The van der Waals surface area contributed by atoms with Gasteiger partial charge < -0.3 is 4.90 Å². The number of carbonyl (C=O) groups is 1. The number of aromatic nitrogens is 4. The summed E-state index contributed by atoms with van der Waals surface area (Å²) in [5.41, 5.74) is 0.304. The summed E-state index contributed by atoms with van der Waals surface area (Å²) in [6.07, 6.45) is 1.77. The molecule has 1 N–H and O–H groups in total. The van der Waals surface area contributed by atoms with Gasteiger partial charge in [-0.05, 0) is 30.2 Å². The molecule has 1 aliphatic rings. The number of tetrazole rings is 1. The van der Waals surface area contributed by atoms with Gasteiger partial charge in [-0.1, -0.05) is 17.7 Å². The van der Waals surface area contributed by atoms with Crippen molar-refractivity contribution in [2.45, 2.75) is 25.4 Å². The summed E-state index contributed by atoms with van der Waals surface area (Å²) in [6, 6.07) is 4.54. The Kier molecular flexibility index (Phi) is 3.35. The molecule has 20 heavy (non-hydrogen) atoms. The van der Waals surface area contributed by atoms with Crippen molar-refractivity contribution >= 4 is 17.5 Å². The Bertz CT molecular complexity index is 609. The maximum absolute atomic E-state index is 13.8. The molecule has 8 heteroatoms. The molecule has 3 rings (SSSR count). The van der Waals surface area contributed by atoms with E-state index in [1.165, 1.54) is 17.0 Å². The third-order valence-electron chi connectivity index (χ3n) is 3.18. The van der Waals surface area contributed by atoms with Crippen molar-refractivity contribution < 1.29 is 9.18 Å². The van der Waals surface area contributed by atoms with Crippen LogP contribution in [0.15, 0.2) is 18.2 Å². The van der Waals surface area contributed by atoms with Crippen molar-refractivity contribution in [1.82, 2.24) is 25.5 Å². The van der Waals surface area contributed by atoms with Crippen molar-refractivity contribution in [3.8, 4) is 0 Å². The maximum Gasteiger partial charge on any atom is 0.296 e. The number of hydrogen-bond acceptors (Lipinski definition) is 4. The maximum atomic E-state index is 13.8. The molecule has 0 atom stereocenters. The minimum absolute atomic E-state index is 0.0237. The first-order valence-corrected chi connectivity index (χ1v) is 6.52. The Balaban J connectivity index is 1.87. The van der Waals surface area contributed by atoms with Gasteiger partial charge in [0.1, 0.15) is 5.82 Å². The monoisotopic (exact) mass is 295 g/mol. The van der Waals surface area contributed by atoms with Crippen LogP contribution in [0, 0.1) is 5.82 Å². The number of carbonyl (C=O) groups excluding carboxylic acids is 1. The average Bonchev–Trinajstić information content (AvgIpc) is 3.11. The van der Waals surface area contributed by atoms with Gasteiger partial charge >= 0.3 is 0 Å². The smallest absolute Gasteiger partial charge is 0.296 e. The van der Waals surface area contributed by atoms with Crippen molar-refractivity contribution in [3.05, 3.63) is 40.4 Å². The highest BCUT2D eigenvalue weighted by Gasteiger charge is 2.35. The van der Waals surface area contributed by atoms with E-state index in [0.29, 0.717) is 10.6 Å². The van der Waals surface area contributed by atoms with Crippen LogP contribution in [0.1, 0.15) is 29.0 Å². The minimum atomic E-state index is -0.427. The third kappa shape index (κ3) is 2.49. The predicted octanol–water partition coefficient (Wildman–Crippen LogP) is 1.80. The molecular weight excluding hydrogens is 285 g/mol. The Morgan fingerprint density at radius 1 is 1.50 bits per heavy atom. The average molecular weight is 296 g/mol. The van der Waals surface area contributed by atoms with E-state index in [9.17, 15) is 9.18 Å². The number of halogens is 2. The molecule has 0 bridgehead atoms. The summed E-state index contributed by atoms with van der Waals surface area (Å²) in [5.74, 6) is -0.825. The van der Waals surface area contributed by atoms with Crippen molar-refractivity contribution in [2.24, 2.45) is 0 Å². The lowest BCUT2D eigenvalue weighted by atomic mass is 10.2. The lowest BCUT2D eigenvalue weighted by Gasteiger charge is -2.21. The summed E-state index contributed by atoms with van der Waals surface area (Å²) in [4.78, 5) is 13.8. The molecule has 1 heterocycles. The minimum Gasteiger partial charge on any atom is -0.328 e. The van der Waals surface area contributed by atoms with Crippen LogP contribution in [-0.2, 0) is 6.54 Å². The molecule has 2 aromatic rings. The van der Waals surface area contributed by atoms with Crippen LogP contribution in [0.25, 0.3) is 0 Å². The van der Waals surface area contributed by atoms with E-state index in [1.54, 1.807) is 6.07 Å². The zero-order chi connectivity index (χ0) is 14.1. The van der Waals surface area contributed by atoms with Gasteiger partial charge in [0.05, 0.1) is 6.54 Å². The van der Waals surface area contributed by atoms with E-state index in [0.717, 1.165) is 12.8 Å². The quantitative estimate of drug-likeness (QED) is 0.933. The van der Waals surface area contributed by atoms with E-state index < -0.39 is 5.82 Å². The molecule has 0 aliphatic heterocycles. The van der Waals surface area contributed by atoms with Crippen LogP contribution < -0.4 is 0 Å². The molecule has 0 spiro atoms. The van der Waals surface area contributed by atoms with Gasteiger partial charge in [0.25, 0.3) is 11.7 Å². The van der Waals surface area contributed by atoms with E-state index in [1.807, 2.05) is 0 Å². The standard InChI is InChI=1S/C12H11ClFN5O/c13-9-2-1-3-10(14)8(9)6-19(7-4-5-7)12(20)11-15-17-18-16-11/h1-3,7H,4-6H2,(H,15,16,17,18). The van der Waals surface area contributed by atoms with Gasteiger partial charge in [0.2, 0.25) is 0 Å².